The van der Waals surface area contributed by atoms with Crippen LogP contribution >= 0.6 is 27.7 Å². The molecule has 6 heteroatoms. The lowest BCUT2D eigenvalue weighted by Gasteiger charge is -2.14. The first kappa shape index (κ1) is 15.0. The van der Waals surface area contributed by atoms with Gasteiger partial charge in [-0.15, -0.1) is 0 Å². The number of hydrogen-bond donors (Lipinski definition) is 1. The van der Waals surface area contributed by atoms with Gasteiger partial charge in [-0.1, -0.05) is 40.2 Å². The molecule has 0 atom stereocenters. The maximum absolute atomic E-state index is 13.9. The van der Waals surface area contributed by atoms with E-state index in [2.05, 4.69) is 15.9 Å². The lowest BCUT2D eigenvalue weighted by Crippen LogP contribution is -2.28. The summed E-state index contributed by atoms with van der Waals surface area (Å²) in [7, 11) is 0. The summed E-state index contributed by atoms with van der Waals surface area (Å²) in [6, 6.07) is 13.4. The molecule has 1 heterocycles. The molecule has 3 rings (SSSR count). The van der Waals surface area contributed by atoms with E-state index < -0.39 is 5.82 Å². The third kappa shape index (κ3) is 2.84. The topological polar surface area (TPSA) is 44.2 Å². The number of benzene rings is 2. The zero-order chi connectivity index (χ0) is 15.7. The van der Waals surface area contributed by atoms with E-state index in [1.165, 1.54) is 12.1 Å². The highest BCUT2D eigenvalue weighted by atomic mass is 79.9. The minimum Gasteiger partial charge on any atom is -0.278 e. The lowest BCUT2D eigenvalue weighted by molar-refractivity contribution is -0.113. The van der Waals surface area contributed by atoms with Gasteiger partial charge >= 0.3 is 0 Å². The van der Waals surface area contributed by atoms with Crippen molar-refractivity contribution in [2.45, 2.75) is 0 Å². The second-order valence-corrected chi connectivity index (χ2v) is 6.51. The number of carbonyl (C=O) groups excluding carboxylic acids is 1. The number of hydrogen-bond acceptors (Lipinski definition) is 3. The Kier molecular flexibility index (Phi) is 4.13. The highest BCUT2D eigenvalue weighted by molar-refractivity contribution is 9.10. The van der Waals surface area contributed by atoms with Gasteiger partial charge in [0.05, 0.1) is 10.6 Å². The van der Waals surface area contributed by atoms with Crippen LogP contribution < -0.4 is 4.90 Å². The van der Waals surface area contributed by atoms with Crippen molar-refractivity contribution in [1.29, 1.82) is 5.41 Å². The van der Waals surface area contributed by atoms with E-state index in [-0.39, 0.29) is 16.8 Å². The van der Waals surface area contributed by atoms with E-state index in [4.69, 9.17) is 5.41 Å². The minimum absolute atomic E-state index is 0.00338. The number of anilines is 1. The Morgan fingerprint density at radius 3 is 2.68 bits per heavy atom. The molecule has 1 aliphatic rings. The van der Waals surface area contributed by atoms with Crippen molar-refractivity contribution in [3.63, 3.8) is 0 Å². The first-order chi connectivity index (χ1) is 10.6. The van der Waals surface area contributed by atoms with Gasteiger partial charge in [-0.2, -0.15) is 0 Å². The molecule has 1 fully saturated rings. The summed E-state index contributed by atoms with van der Waals surface area (Å²) in [6.45, 7) is 0. The van der Waals surface area contributed by atoms with Crippen molar-refractivity contribution in [3.05, 3.63) is 69.3 Å². The highest BCUT2D eigenvalue weighted by Crippen LogP contribution is 2.36. The molecule has 0 bridgehead atoms. The Hall–Kier alpha value is -1.92. The van der Waals surface area contributed by atoms with E-state index in [1.54, 1.807) is 18.2 Å². The van der Waals surface area contributed by atoms with Crippen molar-refractivity contribution in [1.82, 2.24) is 0 Å². The summed E-state index contributed by atoms with van der Waals surface area (Å²) in [5.74, 6) is -0.912. The molecule has 1 amide bonds. The molecule has 0 spiro atoms. The lowest BCUT2D eigenvalue weighted by atomic mass is 10.2. The van der Waals surface area contributed by atoms with Gasteiger partial charge in [-0.25, -0.2) is 4.39 Å². The number of carbonyl (C=O) groups is 1. The summed E-state index contributed by atoms with van der Waals surface area (Å²) in [5, 5.41) is 7.96. The number of rotatable bonds is 2. The number of amides is 1. The zero-order valence-electron chi connectivity index (χ0n) is 11.2. The largest absolute Gasteiger partial charge is 0.278 e. The number of halogens is 2. The molecule has 0 unspecified atom stereocenters. The summed E-state index contributed by atoms with van der Waals surface area (Å²) in [6.07, 6.45) is 1.70. The number of para-hydroxylation sites is 1. The molecular formula is C16H10BrFN2OS. The normalized spacial score (nSPS) is 16.6. The summed E-state index contributed by atoms with van der Waals surface area (Å²) >= 11 is 4.40. The Morgan fingerprint density at radius 1 is 1.18 bits per heavy atom. The number of nitrogens with zero attached hydrogens (tertiary/aromatic N) is 1. The third-order valence-corrected chi connectivity index (χ3v) is 4.44. The van der Waals surface area contributed by atoms with Gasteiger partial charge < -0.3 is 0 Å². The number of thioether (sulfide) groups is 1. The van der Waals surface area contributed by atoms with Gasteiger partial charge in [-0.05, 0) is 47.7 Å². The van der Waals surface area contributed by atoms with Crippen LogP contribution in [0.3, 0.4) is 0 Å². The summed E-state index contributed by atoms with van der Waals surface area (Å²) in [5.41, 5.74) is 0.941. The number of amidine groups is 1. The first-order valence-corrected chi connectivity index (χ1v) is 8.00. The molecule has 110 valence electrons. The quantitative estimate of drug-likeness (QED) is 0.775. The average Bonchev–Trinajstić information content (AvgIpc) is 2.74. The molecule has 2 aromatic rings. The summed E-state index contributed by atoms with van der Waals surface area (Å²) < 4.78 is 14.8. The van der Waals surface area contributed by atoms with Gasteiger partial charge in [0.25, 0.3) is 5.91 Å². The Labute approximate surface area is 139 Å². The molecule has 1 N–H and O–H groups in total. The van der Waals surface area contributed by atoms with E-state index >= 15 is 0 Å². The Bertz CT molecular complexity index is 806. The maximum Gasteiger partial charge on any atom is 0.271 e. The summed E-state index contributed by atoms with van der Waals surface area (Å²) in [4.78, 5) is 14.0. The van der Waals surface area contributed by atoms with Gasteiger partial charge in [0.2, 0.25) is 0 Å². The van der Waals surface area contributed by atoms with Crippen molar-refractivity contribution in [2.75, 3.05) is 4.90 Å². The molecule has 1 saturated heterocycles. The van der Waals surface area contributed by atoms with Crippen LogP contribution in [0, 0.1) is 11.2 Å². The second-order valence-electron chi connectivity index (χ2n) is 4.56. The smallest absolute Gasteiger partial charge is 0.271 e. The SMILES string of the molecule is N=C1SC(=Cc2cccc(Br)c2)C(=O)N1c1ccccc1F. The third-order valence-electron chi connectivity index (χ3n) is 3.06. The fraction of sp³-hybridized carbons (Fsp3) is 0. The molecule has 0 radical (unpaired) electrons. The van der Waals surface area contributed by atoms with Gasteiger partial charge in [0.15, 0.2) is 5.17 Å². The van der Waals surface area contributed by atoms with E-state index in [9.17, 15) is 9.18 Å². The average molecular weight is 377 g/mol. The van der Waals surface area contributed by atoms with E-state index in [0.717, 1.165) is 26.7 Å². The van der Waals surface area contributed by atoms with Crippen LogP contribution in [0.5, 0.6) is 0 Å². The Morgan fingerprint density at radius 2 is 1.95 bits per heavy atom. The minimum atomic E-state index is -0.523. The van der Waals surface area contributed by atoms with E-state index in [1.807, 2.05) is 24.3 Å². The fourth-order valence-corrected chi connectivity index (χ4v) is 3.36. The van der Waals surface area contributed by atoms with Crippen LogP contribution in [0.25, 0.3) is 6.08 Å². The van der Waals surface area contributed by atoms with Crippen molar-refractivity contribution < 1.29 is 9.18 Å². The highest BCUT2D eigenvalue weighted by Gasteiger charge is 2.34. The second kappa shape index (κ2) is 6.06. The molecule has 0 aliphatic carbocycles. The fourth-order valence-electron chi connectivity index (χ4n) is 2.09. The molecule has 0 saturated carbocycles. The van der Waals surface area contributed by atoms with Gasteiger partial charge in [-0.3, -0.25) is 15.1 Å². The monoisotopic (exact) mass is 376 g/mol. The molecule has 0 aromatic heterocycles. The van der Waals surface area contributed by atoms with Gasteiger partial charge in [0.1, 0.15) is 5.82 Å². The molecule has 2 aromatic carbocycles. The van der Waals surface area contributed by atoms with Crippen molar-refractivity contribution in [3.8, 4) is 0 Å². The van der Waals surface area contributed by atoms with Crippen molar-refractivity contribution >= 4 is 50.5 Å². The maximum atomic E-state index is 13.9. The number of nitrogens with one attached hydrogen (secondary N) is 1. The first-order valence-electron chi connectivity index (χ1n) is 6.39. The predicted octanol–water partition coefficient (Wildman–Crippen LogP) is 4.64. The molecular weight excluding hydrogens is 367 g/mol. The van der Waals surface area contributed by atoms with Gasteiger partial charge in [0, 0.05) is 4.47 Å². The molecule has 3 nitrogen and oxygen atoms in total. The predicted molar refractivity (Wildman–Crippen MR) is 91.3 cm³/mol. The van der Waals surface area contributed by atoms with Crippen LogP contribution in [0.1, 0.15) is 5.56 Å². The van der Waals surface area contributed by atoms with Crippen LogP contribution in [0.15, 0.2) is 57.9 Å². The van der Waals surface area contributed by atoms with Crippen molar-refractivity contribution in [2.24, 2.45) is 0 Å². The van der Waals surface area contributed by atoms with Crippen LogP contribution in [-0.4, -0.2) is 11.1 Å². The van der Waals surface area contributed by atoms with Crippen LogP contribution in [0.4, 0.5) is 10.1 Å². The Balaban J connectivity index is 1.97. The molecule has 22 heavy (non-hydrogen) atoms. The standard InChI is InChI=1S/C16H10BrFN2OS/c17-11-5-3-4-10(8-11)9-14-15(21)20(16(19)22-14)13-7-2-1-6-12(13)18/h1-9,19H. The zero-order valence-corrected chi connectivity index (χ0v) is 13.6. The molecule has 1 aliphatic heterocycles. The van der Waals surface area contributed by atoms with Crippen LogP contribution in [0.2, 0.25) is 0 Å². The van der Waals surface area contributed by atoms with Crippen LogP contribution in [-0.2, 0) is 4.79 Å². The van der Waals surface area contributed by atoms with E-state index in [0.29, 0.717) is 4.91 Å².